The molecule has 0 N–H and O–H groups in total. The largest absolute Gasteiger partial charge is 0.350 e. The smallest absolute Gasteiger partial charge is 0.267 e. The molecule has 1 fully saturated rings. The van der Waals surface area contributed by atoms with Crippen LogP contribution in [-0.2, 0) is 19.4 Å². The number of aryl methyl sites for hydroxylation is 3. The Balaban J connectivity index is 1.58. The summed E-state index contributed by atoms with van der Waals surface area (Å²) in [5, 5.41) is 13.1. The number of anilines is 1. The van der Waals surface area contributed by atoms with E-state index in [1.807, 2.05) is 19.1 Å². The van der Waals surface area contributed by atoms with Crippen molar-refractivity contribution >= 4 is 5.82 Å². The lowest BCUT2D eigenvalue weighted by Crippen LogP contribution is -2.38. The van der Waals surface area contributed by atoms with E-state index in [2.05, 4.69) is 20.2 Å². The molecule has 0 aromatic carbocycles. The summed E-state index contributed by atoms with van der Waals surface area (Å²) in [4.78, 5) is 14.6. The number of fused-ring (bicyclic) bond motifs is 1. The molecule has 1 aliphatic heterocycles. The summed E-state index contributed by atoms with van der Waals surface area (Å²) in [5.74, 6) is 0.896. The number of aromatic nitrogens is 4. The van der Waals surface area contributed by atoms with Gasteiger partial charge in [0.05, 0.1) is 24.0 Å². The molecule has 0 spiro atoms. The van der Waals surface area contributed by atoms with Crippen LogP contribution in [0.3, 0.4) is 0 Å². The number of rotatable bonds is 3. The number of hydrogen-bond donors (Lipinski definition) is 0. The first-order valence-corrected chi connectivity index (χ1v) is 8.37. The molecule has 1 saturated heterocycles. The molecule has 1 aliphatic carbocycles. The molecule has 2 aromatic heterocycles. The van der Waals surface area contributed by atoms with Gasteiger partial charge in [0.25, 0.3) is 5.56 Å². The van der Waals surface area contributed by atoms with Crippen molar-refractivity contribution in [1.29, 1.82) is 0 Å². The Morgan fingerprint density at radius 3 is 2.96 bits per heavy atom. The van der Waals surface area contributed by atoms with Crippen LogP contribution in [0.15, 0.2) is 23.0 Å². The van der Waals surface area contributed by atoms with Crippen molar-refractivity contribution in [2.24, 2.45) is 0 Å². The molecule has 3 heterocycles. The third-order valence-corrected chi connectivity index (χ3v) is 4.86. The predicted molar refractivity (Wildman–Crippen MR) is 87.7 cm³/mol. The molecule has 2 aliphatic rings. The zero-order chi connectivity index (χ0) is 15.8. The Morgan fingerprint density at radius 2 is 2.13 bits per heavy atom. The van der Waals surface area contributed by atoms with Gasteiger partial charge in [-0.2, -0.15) is 10.2 Å². The van der Waals surface area contributed by atoms with Gasteiger partial charge in [-0.1, -0.05) is 0 Å². The third kappa shape index (κ3) is 2.73. The maximum absolute atomic E-state index is 12.3. The van der Waals surface area contributed by atoms with Crippen LogP contribution in [-0.4, -0.2) is 32.6 Å². The fraction of sp³-hybridized carbons (Fsp3) is 0.529. The van der Waals surface area contributed by atoms with Crippen molar-refractivity contribution in [3.8, 4) is 0 Å². The first-order chi connectivity index (χ1) is 11.2. The third-order valence-electron chi connectivity index (χ3n) is 4.86. The van der Waals surface area contributed by atoms with Gasteiger partial charge in [0.15, 0.2) is 5.82 Å². The van der Waals surface area contributed by atoms with Crippen LogP contribution >= 0.6 is 0 Å². The zero-order valence-electron chi connectivity index (χ0n) is 13.4. The lowest BCUT2D eigenvalue weighted by molar-refractivity contribution is 0.481. The zero-order valence-corrected chi connectivity index (χ0v) is 13.4. The molecule has 120 valence electrons. The van der Waals surface area contributed by atoms with Crippen LogP contribution in [0.4, 0.5) is 5.82 Å². The summed E-state index contributed by atoms with van der Waals surface area (Å²) in [6.45, 7) is 3.52. The second kappa shape index (κ2) is 5.76. The van der Waals surface area contributed by atoms with Crippen LogP contribution < -0.4 is 10.5 Å². The monoisotopic (exact) mass is 311 g/mol. The molecule has 6 heteroatoms. The van der Waals surface area contributed by atoms with Crippen LogP contribution in [0, 0.1) is 6.92 Å². The fourth-order valence-corrected chi connectivity index (χ4v) is 3.64. The molecule has 0 radical (unpaired) electrons. The molecule has 0 saturated carbocycles. The highest BCUT2D eigenvalue weighted by atomic mass is 16.1. The molecule has 23 heavy (non-hydrogen) atoms. The van der Waals surface area contributed by atoms with E-state index in [4.69, 9.17) is 0 Å². The van der Waals surface area contributed by atoms with Crippen molar-refractivity contribution in [1.82, 2.24) is 20.0 Å². The van der Waals surface area contributed by atoms with Gasteiger partial charge < -0.3 is 4.90 Å². The Bertz CT molecular complexity index is 768. The molecule has 2 aromatic rings. The fourth-order valence-electron chi connectivity index (χ4n) is 3.64. The normalized spacial score (nSPS) is 20.0. The Hall–Kier alpha value is -2.24. The van der Waals surface area contributed by atoms with E-state index < -0.39 is 0 Å². The molecule has 0 amide bonds. The van der Waals surface area contributed by atoms with Gasteiger partial charge in [0.1, 0.15) is 0 Å². The first-order valence-electron chi connectivity index (χ1n) is 8.37. The van der Waals surface area contributed by atoms with Gasteiger partial charge in [0, 0.05) is 12.6 Å². The van der Waals surface area contributed by atoms with Crippen LogP contribution in [0.25, 0.3) is 0 Å². The number of hydrogen-bond acceptors (Lipinski definition) is 5. The second-order valence-corrected chi connectivity index (χ2v) is 6.51. The summed E-state index contributed by atoms with van der Waals surface area (Å²) < 4.78 is 1.65. The van der Waals surface area contributed by atoms with Crippen molar-refractivity contribution in [2.45, 2.75) is 51.6 Å². The lowest BCUT2D eigenvalue weighted by atomic mass is 10.2. The topological polar surface area (TPSA) is 63.9 Å². The van der Waals surface area contributed by atoms with Gasteiger partial charge >= 0.3 is 0 Å². The van der Waals surface area contributed by atoms with Crippen molar-refractivity contribution in [3.05, 3.63) is 45.5 Å². The maximum atomic E-state index is 12.3. The average Bonchev–Trinajstić information content (AvgIpc) is 3.17. The summed E-state index contributed by atoms with van der Waals surface area (Å²) in [6.07, 6.45) is 5.27. The summed E-state index contributed by atoms with van der Waals surface area (Å²) in [5.41, 5.74) is 3.18. The van der Waals surface area contributed by atoms with Gasteiger partial charge in [0.2, 0.25) is 0 Å². The summed E-state index contributed by atoms with van der Waals surface area (Å²) in [7, 11) is 0. The Morgan fingerprint density at radius 1 is 1.22 bits per heavy atom. The van der Waals surface area contributed by atoms with Crippen molar-refractivity contribution in [2.75, 3.05) is 11.4 Å². The second-order valence-electron chi connectivity index (χ2n) is 6.51. The summed E-state index contributed by atoms with van der Waals surface area (Å²) in [6, 6.07) is 6.04. The van der Waals surface area contributed by atoms with E-state index >= 15 is 0 Å². The minimum absolute atomic E-state index is 0.0208. The molecular weight excluding hydrogens is 290 g/mol. The van der Waals surface area contributed by atoms with E-state index in [9.17, 15) is 4.79 Å². The molecule has 0 bridgehead atoms. The molecule has 1 unspecified atom stereocenters. The SMILES string of the molecule is Cc1ccc(N2CCCC2Cn2nc3c(cc2=O)CCC3)nn1. The van der Waals surface area contributed by atoms with Gasteiger partial charge in [-0.25, -0.2) is 4.68 Å². The van der Waals surface area contributed by atoms with E-state index in [1.165, 1.54) is 0 Å². The van der Waals surface area contributed by atoms with Gasteiger partial charge in [-0.15, -0.1) is 5.10 Å². The van der Waals surface area contributed by atoms with Crippen molar-refractivity contribution in [3.63, 3.8) is 0 Å². The standard InChI is InChI=1S/C17H21N5O/c1-12-7-8-16(19-18-12)21-9-3-5-14(21)11-22-17(23)10-13-4-2-6-15(13)20-22/h7-8,10,14H,2-6,9,11H2,1H3. The van der Waals surface area contributed by atoms with E-state index in [-0.39, 0.29) is 11.6 Å². The number of nitrogens with zero attached hydrogens (tertiary/aromatic N) is 5. The molecule has 6 nitrogen and oxygen atoms in total. The Kier molecular flexibility index (Phi) is 3.59. The molecule has 4 rings (SSSR count). The maximum Gasteiger partial charge on any atom is 0.267 e. The van der Waals surface area contributed by atoms with Gasteiger partial charge in [-0.05, 0) is 56.7 Å². The summed E-state index contributed by atoms with van der Waals surface area (Å²) >= 11 is 0. The van der Waals surface area contributed by atoms with Crippen LogP contribution in [0.1, 0.15) is 36.2 Å². The van der Waals surface area contributed by atoms with E-state index in [0.29, 0.717) is 6.54 Å². The molecule has 1 atom stereocenters. The average molecular weight is 311 g/mol. The highest BCUT2D eigenvalue weighted by Gasteiger charge is 2.27. The van der Waals surface area contributed by atoms with Crippen molar-refractivity contribution < 1.29 is 0 Å². The highest BCUT2D eigenvalue weighted by molar-refractivity contribution is 5.40. The van der Waals surface area contributed by atoms with Gasteiger partial charge in [-0.3, -0.25) is 4.79 Å². The van der Waals surface area contributed by atoms with Crippen LogP contribution in [0.2, 0.25) is 0 Å². The van der Waals surface area contributed by atoms with Crippen LogP contribution in [0.5, 0.6) is 0 Å². The predicted octanol–water partition coefficient (Wildman–Crippen LogP) is 1.50. The lowest BCUT2D eigenvalue weighted by Gasteiger charge is -2.25. The minimum atomic E-state index is 0.0208. The van der Waals surface area contributed by atoms with E-state index in [1.54, 1.807) is 10.7 Å². The quantitative estimate of drug-likeness (QED) is 0.859. The minimum Gasteiger partial charge on any atom is -0.350 e. The Labute approximate surface area is 135 Å². The van der Waals surface area contributed by atoms with E-state index in [0.717, 1.165) is 61.4 Å². The first kappa shape index (κ1) is 14.4. The highest BCUT2D eigenvalue weighted by Crippen LogP contribution is 2.24. The molecular formula is C17H21N5O.